The third kappa shape index (κ3) is 5.71. The minimum atomic E-state index is -3.02. The van der Waals surface area contributed by atoms with Gasteiger partial charge in [0.2, 0.25) is 0 Å². The maximum atomic E-state index is 13.2. The second kappa shape index (κ2) is 7.50. The van der Waals surface area contributed by atoms with Crippen molar-refractivity contribution in [2.24, 2.45) is 10.7 Å². The Balaban J connectivity index is 5.11. The first kappa shape index (κ1) is 17.9. The first-order chi connectivity index (χ1) is 9.13. The van der Waals surface area contributed by atoms with E-state index in [4.69, 9.17) is 5.73 Å². The fourth-order valence-electron chi connectivity index (χ4n) is 1.21. The molecule has 2 N–H and O–H groups in total. The van der Waals surface area contributed by atoms with Gasteiger partial charge in [-0.2, -0.15) is 0 Å². The van der Waals surface area contributed by atoms with Crippen LogP contribution in [0.3, 0.4) is 0 Å². The molecular formula is C16H20F2N2. The van der Waals surface area contributed by atoms with Gasteiger partial charge in [0.15, 0.2) is 0 Å². The second-order valence-corrected chi connectivity index (χ2v) is 4.27. The molecule has 0 aromatic rings. The van der Waals surface area contributed by atoms with Gasteiger partial charge in [-0.1, -0.05) is 38.5 Å². The summed E-state index contributed by atoms with van der Waals surface area (Å²) in [4.78, 5) is 3.61. The number of halogens is 2. The Labute approximate surface area is 119 Å². The lowest BCUT2D eigenvalue weighted by Crippen LogP contribution is -2.19. The van der Waals surface area contributed by atoms with E-state index in [0.717, 1.165) is 6.92 Å². The van der Waals surface area contributed by atoms with E-state index in [1.165, 1.54) is 6.08 Å². The molecule has 0 saturated carbocycles. The number of alkyl halides is 2. The predicted molar refractivity (Wildman–Crippen MR) is 83.0 cm³/mol. The van der Waals surface area contributed by atoms with E-state index < -0.39 is 5.92 Å². The van der Waals surface area contributed by atoms with Crippen LogP contribution in [0.5, 0.6) is 0 Å². The van der Waals surface area contributed by atoms with E-state index in [9.17, 15) is 8.78 Å². The highest BCUT2D eigenvalue weighted by Gasteiger charge is 2.27. The van der Waals surface area contributed by atoms with Crippen molar-refractivity contribution < 1.29 is 8.78 Å². The van der Waals surface area contributed by atoms with Crippen LogP contribution in [0.25, 0.3) is 0 Å². The van der Waals surface area contributed by atoms with Gasteiger partial charge in [0, 0.05) is 19.0 Å². The number of hydrogen-bond donors (Lipinski definition) is 1. The van der Waals surface area contributed by atoms with Crippen LogP contribution in [-0.4, -0.2) is 19.2 Å². The van der Waals surface area contributed by atoms with Crippen LogP contribution in [0, 0.1) is 0 Å². The summed E-state index contributed by atoms with van der Waals surface area (Å²) < 4.78 is 26.4. The van der Waals surface area contributed by atoms with Crippen LogP contribution >= 0.6 is 0 Å². The Morgan fingerprint density at radius 3 is 2.10 bits per heavy atom. The summed E-state index contributed by atoms with van der Waals surface area (Å²) in [6, 6.07) is 0. The Kier molecular flexibility index (Phi) is 6.73. The molecule has 0 atom stereocenters. The van der Waals surface area contributed by atoms with Gasteiger partial charge in [0.1, 0.15) is 0 Å². The molecule has 0 heterocycles. The predicted octanol–water partition coefficient (Wildman–Crippen LogP) is 3.97. The number of allylic oxidation sites excluding steroid dienone is 5. The zero-order chi connectivity index (χ0) is 15.9. The first-order valence-electron chi connectivity index (χ1n) is 5.83. The van der Waals surface area contributed by atoms with Crippen molar-refractivity contribution in [1.82, 2.24) is 0 Å². The lowest BCUT2D eigenvalue weighted by atomic mass is 9.98. The van der Waals surface area contributed by atoms with Crippen molar-refractivity contribution in [2.45, 2.75) is 12.8 Å². The molecule has 0 radical (unpaired) electrons. The minimum Gasteiger partial charge on any atom is -0.326 e. The molecule has 0 spiro atoms. The summed E-state index contributed by atoms with van der Waals surface area (Å²) in [6.45, 7) is 18.6. The smallest absolute Gasteiger partial charge is 0.270 e. The van der Waals surface area contributed by atoms with Crippen molar-refractivity contribution in [2.75, 3.05) is 6.54 Å². The van der Waals surface area contributed by atoms with Gasteiger partial charge in [-0.15, -0.1) is 0 Å². The SMILES string of the molecule is C=NC(=C)/C=C\C(=C)C(=C)/C=C(/CN)C(=C)C(C)(F)F. The van der Waals surface area contributed by atoms with Crippen LogP contribution < -0.4 is 5.73 Å². The van der Waals surface area contributed by atoms with Crippen LogP contribution in [0.2, 0.25) is 0 Å². The van der Waals surface area contributed by atoms with Crippen molar-refractivity contribution in [3.8, 4) is 0 Å². The van der Waals surface area contributed by atoms with Crippen molar-refractivity contribution in [1.29, 1.82) is 0 Å². The van der Waals surface area contributed by atoms with Crippen LogP contribution in [0.1, 0.15) is 6.92 Å². The average Bonchev–Trinajstić information content (AvgIpc) is 2.39. The van der Waals surface area contributed by atoms with Gasteiger partial charge in [-0.25, -0.2) is 8.78 Å². The van der Waals surface area contributed by atoms with Crippen molar-refractivity contribution in [3.05, 3.63) is 72.5 Å². The molecule has 20 heavy (non-hydrogen) atoms. The fraction of sp³-hybridized carbons (Fsp3) is 0.188. The quantitative estimate of drug-likeness (QED) is 0.529. The van der Waals surface area contributed by atoms with Gasteiger partial charge in [-0.05, 0) is 29.5 Å². The molecule has 0 aliphatic rings. The molecule has 0 amide bonds. The van der Waals surface area contributed by atoms with Crippen LogP contribution in [0.4, 0.5) is 8.78 Å². The molecule has 0 unspecified atom stereocenters. The lowest BCUT2D eigenvalue weighted by Gasteiger charge is -2.16. The molecule has 2 nitrogen and oxygen atoms in total. The third-order valence-corrected chi connectivity index (χ3v) is 2.58. The summed E-state index contributed by atoms with van der Waals surface area (Å²) in [5.41, 5.74) is 6.85. The fourth-order valence-corrected chi connectivity index (χ4v) is 1.21. The lowest BCUT2D eigenvalue weighted by molar-refractivity contribution is 0.0663. The molecule has 4 heteroatoms. The van der Waals surface area contributed by atoms with Gasteiger partial charge in [0.05, 0.1) is 5.70 Å². The Morgan fingerprint density at radius 1 is 1.15 bits per heavy atom. The summed E-state index contributed by atoms with van der Waals surface area (Å²) in [5, 5.41) is 0. The largest absolute Gasteiger partial charge is 0.326 e. The van der Waals surface area contributed by atoms with Crippen molar-refractivity contribution >= 4 is 6.72 Å². The first-order valence-corrected chi connectivity index (χ1v) is 5.83. The molecule has 0 aliphatic carbocycles. The number of aliphatic imine (C=N–C) groups is 1. The highest BCUT2D eigenvalue weighted by atomic mass is 19.3. The van der Waals surface area contributed by atoms with Gasteiger partial charge >= 0.3 is 0 Å². The summed E-state index contributed by atoms with van der Waals surface area (Å²) >= 11 is 0. The molecule has 0 aromatic carbocycles. The number of rotatable bonds is 8. The van der Waals surface area contributed by atoms with E-state index >= 15 is 0 Å². The Morgan fingerprint density at radius 2 is 1.70 bits per heavy atom. The number of hydrogen-bond acceptors (Lipinski definition) is 2. The second-order valence-electron chi connectivity index (χ2n) is 4.27. The van der Waals surface area contributed by atoms with E-state index in [0.29, 0.717) is 16.8 Å². The summed E-state index contributed by atoms with van der Waals surface area (Å²) in [6.07, 6.45) is 4.67. The monoisotopic (exact) mass is 278 g/mol. The minimum absolute atomic E-state index is 0.0563. The molecule has 0 aromatic heterocycles. The topological polar surface area (TPSA) is 38.4 Å². The average molecular weight is 278 g/mol. The van der Waals surface area contributed by atoms with E-state index in [1.54, 1.807) is 12.2 Å². The molecule has 108 valence electrons. The zero-order valence-electron chi connectivity index (χ0n) is 11.8. The summed E-state index contributed by atoms with van der Waals surface area (Å²) in [7, 11) is 0. The van der Waals surface area contributed by atoms with E-state index in [-0.39, 0.29) is 17.7 Å². The Hall–Kier alpha value is -2.07. The highest BCUT2D eigenvalue weighted by Crippen LogP contribution is 2.28. The normalized spacial score (nSPS) is 12.3. The van der Waals surface area contributed by atoms with Gasteiger partial charge in [0.25, 0.3) is 5.92 Å². The van der Waals surface area contributed by atoms with Gasteiger partial charge in [-0.3, -0.25) is 4.99 Å². The molecule has 0 saturated heterocycles. The Bertz CT molecular complexity index is 503. The number of nitrogens with two attached hydrogens (primary N) is 1. The van der Waals surface area contributed by atoms with Crippen LogP contribution in [-0.2, 0) is 0 Å². The zero-order valence-corrected chi connectivity index (χ0v) is 11.8. The maximum absolute atomic E-state index is 13.2. The maximum Gasteiger partial charge on any atom is 0.270 e. The highest BCUT2D eigenvalue weighted by molar-refractivity contribution is 5.49. The van der Waals surface area contributed by atoms with Gasteiger partial charge < -0.3 is 5.73 Å². The molecule has 0 aliphatic heterocycles. The molecular weight excluding hydrogens is 258 g/mol. The molecule has 0 bridgehead atoms. The molecule has 0 rings (SSSR count). The van der Waals surface area contributed by atoms with E-state index in [2.05, 4.69) is 38.0 Å². The van der Waals surface area contributed by atoms with E-state index in [1.807, 2.05) is 0 Å². The van der Waals surface area contributed by atoms with Crippen LogP contribution in [0.15, 0.2) is 77.5 Å². The number of nitrogens with zero attached hydrogens (tertiary/aromatic N) is 1. The van der Waals surface area contributed by atoms with Crippen molar-refractivity contribution in [3.63, 3.8) is 0 Å². The summed E-state index contributed by atoms with van der Waals surface area (Å²) in [5.74, 6) is -3.02. The standard InChI is InChI=1S/C16H20F2N2/c1-11(7-8-13(3)20-6)12(2)9-15(10-19)14(4)16(5,17)18/h7-9H,1-4,6,10,19H2,5H3/b8-7-,15-9-. The third-order valence-electron chi connectivity index (χ3n) is 2.58. The molecule has 0 fully saturated rings.